The number of benzene rings is 1. The second kappa shape index (κ2) is 10.4. The van der Waals surface area contributed by atoms with Crippen molar-refractivity contribution in [3.8, 4) is 0 Å². The van der Waals surface area contributed by atoms with Crippen LogP contribution in [0.25, 0.3) is 0 Å². The van der Waals surface area contributed by atoms with Gasteiger partial charge in [-0.15, -0.1) is 11.3 Å². The van der Waals surface area contributed by atoms with Gasteiger partial charge in [0.25, 0.3) is 5.91 Å². The molecule has 1 aliphatic heterocycles. The van der Waals surface area contributed by atoms with Gasteiger partial charge >= 0.3 is 5.97 Å². The lowest BCUT2D eigenvalue weighted by Gasteiger charge is -2.26. The van der Waals surface area contributed by atoms with Gasteiger partial charge in [0, 0.05) is 7.26 Å². The van der Waals surface area contributed by atoms with Crippen LogP contribution in [-0.4, -0.2) is 37.0 Å². The van der Waals surface area contributed by atoms with Gasteiger partial charge in [-0.1, -0.05) is 30.3 Å². The SMILES string of the molecule is CCOC(=O)c1scc(C)c1NC(=O)C[P+]1(Cc2ccccc2)CCCCCC1. The van der Waals surface area contributed by atoms with Gasteiger partial charge < -0.3 is 10.1 Å². The first-order valence-electron chi connectivity index (χ1n) is 10.5. The van der Waals surface area contributed by atoms with Crippen molar-refractivity contribution in [2.24, 2.45) is 0 Å². The van der Waals surface area contributed by atoms with Gasteiger partial charge in [0.2, 0.25) is 0 Å². The van der Waals surface area contributed by atoms with Gasteiger partial charge in [-0.3, -0.25) is 4.79 Å². The van der Waals surface area contributed by atoms with Crippen molar-refractivity contribution in [2.75, 3.05) is 30.4 Å². The van der Waals surface area contributed by atoms with Crippen molar-refractivity contribution < 1.29 is 14.3 Å². The van der Waals surface area contributed by atoms with E-state index in [1.807, 2.05) is 18.4 Å². The molecule has 0 radical (unpaired) electrons. The molecule has 3 rings (SSSR count). The summed E-state index contributed by atoms with van der Waals surface area (Å²) in [4.78, 5) is 25.9. The fourth-order valence-electron chi connectivity index (χ4n) is 4.13. The van der Waals surface area contributed by atoms with Crippen molar-refractivity contribution in [1.29, 1.82) is 0 Å². The Hall–Kier alpha value is -1.71. The summed E-state index contributed by atoms with van der Waals surface area (Å²) in [6.45, 7) is 4.05. The number of nitrogens with one attached hydrogen (secondary N) is 1. The highest BCUT2D eigenvalue weighted by atomic mass is 32.1. The minimum Gasteiger partial charge on any atom is -0.462 e. The third-order valence-corrected chi connectivity index (χ3v) is 11.2. The van der Waals surface area contributed by atoms with Gasteiger partial charge in [0.05, 0.1) is 30.8 Å². The Labute approximate surface area is 178 Å². The van der Waals surface area contributed by atoms with Gasteiger partial charge in [-0.05, 0) is 56.0 Å². The average molecular weight is 433 g/mol. The molecule has 1 aromatic carbocycles. The predicted molar refractivity (Wildman–Crippen MR) is 124 cm³/mol. The number of aryl methyl sites for hydroxylation is 1. The molecule has 0 aliphatic carbocycles. The van der Waals surface area contributed by atoms with E-state index >= 15 is 0 Å². The Kier molecular flexibility index (Phi) is 7.85. The van der Waals surface area contributed by atoms with E-state index in [1.54, 1.807) is 6.92 Å². The largest absolute Gasteiger partial charge is 0.462 e. The Balaban J connectivity index is 1.77. The molecule has 1 aromatic heterocycles. The Bertz CT molecular complexity index is 826. The minimum atomic E-state index is -1.42. The molecular formula is C23H31NO3PS+. The van der Waals surface area contributed by atoms with Crippen molar-refractivity contribution in [1.82, 2.24) is 0 Å². The summed E-state index contributed by atoms with van der Waals surface area (Å²) in [6, 6.07) is 10.6. The summed E-state index contributed by atoms with van der Waals surface area (Å²) < 4.78 is 5.16. The van der Waals surface area contributed by atoms with Crippen molar-refractivity contribution in [3.63, 3.8) is 0 Å². The van der Waals surface area contributed by atoms with Crippen molar-refractivity contribution in [2.45, 2.75) is 45.7 Å². The number of esters is 1. The lowest BCUT2D eigenvalue weighted by Crippen LogP contribution is -2.23. The maximum Gasteiger partial charge on any atom is 0.350 e. The normalized spacial score (nSPS) is 16.1. The van der Waals surface area contributed by atoms with E-state index in [1.165, 1.54) is 54.9 Å². The number of anilines is 1. The van der Waals surface area contributed by atoms with E-state index < -0.39 is 7.26 Å². The van der Waals surface area contributed by atoms with Gasteiger partial charge in [-0.2, -0.15) is 0 Å². The van der Waals surface area contributed by atoms with Crippen LogP contribution in [0.1, 0.15) is 53.4 Å². The minimum absolute atomic E-state index is 0.0446. The zero-order valence-electron chi connectivity index (χ0n) is 17.4. The third kappa shape index (κ3) is 5.90. The summed E-state index contributed by atoms with van der Waals surface area (Å²) in [7, 11) is -1.42. The van der Waals surface area contributed by atoms with E-state index in [2.05, 4.69) is 29.6 Å². The topological polar surface area (TPSA) is 55.4 Å². The molecule has 0 saturated carbocycles. The quantitative estimate of drug-likeness (QED) is 0.434. The van der Waals surface area contributed by atoms with Crippen molar-refractivity contribution >= 4 is 36.2 Å². The van der Waals surface area contributed by atoms with Crippen LogP contribution in [0.15, 0.2) is 35.7 Å². The molecule has 0 atom stereocenters. The molecule has 0 unspecified atom stereocenters. The van der Waals surface area contributed by atoms with E-state index in [4.69, 9.17) is 4.74 Å². The Morgan fingerprint density at radius 1 is 1.10 bits per heavy atom. The molecule has 4 nitrogen and oxygen atoms in total. The van der Waals surface area contributed by atoms with Crippen LogP contribution in [0.5, 0.6) is 0 Å². The predicted octanol–water partition coefficient (Wildman–Crippen LogP) is 5.96. The molecule has 1 saturated heterocycles. The molecule has 0 bridgehead atoms. The number of carbonyl (C=O) groups is 2. The molecule has 2 aromatic rings. The first-order valence-corrected chi connectivity index (χ1v) is 13.9. The average Bonchev–Trinajstić information content (AvgIpc) is 2.91. The van der Waals surface area contributed by atoms with Crippen molar-refractivity contribution in [3.05, 3.63) is 51.7 Å². The second-order valence-corrected chi connectivity index (χ2v) is 13.0. The molecule has 1 N–H and O–H groups in total. The Morgan fingerprint density at radius 2 is 1.79 bits per heavy atom. The number of carbonyl (C=O) groups excluding carboxylic acids is 2. The molecule has 156 valence electrons. The fourth-order valence-corrected chi connectivity index (χ4v) is 9.46. The molecule has 2 heterocycles. The lowest BCUT2D eigenvalue weighted by atomic mass is 10.2. The molecule has 1 fully saturated rings. The number of thiophene rings is 1. The van der Waals surface area contributed by atoms with Gasteiger partial charge in [-0.25, -0.2) is 4.79 Å². The third-order valence-electron chi connectivity index (χ3n) is 5.55. The molecule has 1 amide bonds. The van der Waals surface area contributed by atoms with E-state index in [0.717, 1.165) is 11.7 Å². The van der Waals surface area contributed by atoms with E-state index in [0.29, 0.717) is 23.3 Å². The lowest BCUT2D eigenvalue weighted by molar-refractivity contribution is -0.113. The number of amides is 1. The summed E-state index contributed by atoms with van der Waals surface area (Å²) in [5.74, 6) is -0.313. The fraction of sp³-hybridized carbons (Fsp3) is 0.478. The maximum absolute atomic E-state index is 13.1. The van der Waals surface area contributed by atoms with E-state index in [-0.39, 0.29) is 11.9 Å². The summed E-state index contributed by atoms with van der Waals surface area (Å²) in [5.41, 5.74) is 2.89. The summed E-state index contributed by atoms with van der Waals surface area (Å²) in [6.07, 6.45) is 8.99. The van der Waals surface area contributed by atoms with E-state index in [9.17, 15) is 9.59 Å². The Morgan fingerprint density at radius 3 is 2.45 bits per heavy atom. The van der Waals surface area contributed by atoms with Crippen LogP contribution in [0.3, 0.4) is 0 Å². The van der Waals surface area contributed by atoms with Crippen LogP contribution >= 0.6 is 18.6 Å². The standard InChI is InChI=1S/C23H30NO3PS/c1-3-27-23(26)22-21(18(2)17-29-22)24-20(25)16-28(13-9-4-5-10-14-28)15-19-11-7-6-8-12-19/h6-8,11-12,17H,3-5,9-10,13-16H2,1-2H3/p+1. The number of hydrogen-bond acceptors (Lipinski definition) is 4. The number of ether oxygens (including phenoxy) is 1. The van der Waals surface area contributed by atoms with Crippen LogP contribution in [0, 0.1) is 6.92 Å². The molecule has 6 heteroatoms. The molecule has 29 heavy (non-hydrogen) atoms. The maximum atomic E-state index is 13.1. The highest BCUT2D eigenvalue weighted by Gasteiger charge is 2.40. The number of hydrogen-bond donors (Lipinski definition) is 1. The molecule has 1 aliphatic rings. The summed E-state index contributed by atoms with van der Waals surface area (Å²) in [5, 5.41) is 4.98. The first-order chi connectivity index (χ1) is 14.0. The van der Waals surface area contributed by atoms with Crippen LogP contribution in [0.4, 0.5) is 5.69 Å². The zero-order valence-corrected chi connectivity index (χ0v) is 19.1. The highest BCUT2D eigenvalue weighted by molar-refractivity contribution is 7.76. The van der Waals surface area contributed by atoms with Gasteiger partial charge in [0.1, 0.15) is 11.0 Å². The highest BCUT2D eigenvalue weighted by Crippen LogP contribution is 2.63. The molecule has 0 spiro atoms. The smallest absolute Gasteiger partial charge is 0.350 e. The van der Waals surface area contributed by atoms with Crippen LogP contribution in [0.2, 0.25) is 0 Å². The number of rotatable bonds is 7. The monoisotopic (exact) mass is 432 g/mol. The van der Waals surface area contributed by atoms with Crippen LogP contribution < -0.4 is 5.32 Å². The zero-order chi connectivity index (χ0) is 20.7. The molecular weight excluding hydrogens is 401 g/mol. The summed E-state index contributed by atoms with van der Waals surface area (Å²) >= 11 is 1.34. The van der Waals surface area contributed by atoms with Gasteiger partial charge in [0.15, 0.2) is 0 Å². The second-order valence-electron chi connectivity index (χ2n) is 7.90. The van der Waals surface area contributed by atoms with Crippen LogP contribution in [-0.2, 0) is 15.7 Å². The first kappa shape index (κ1) is 22.0.